The molecule has 0 atom stereocenters. The number of benzene rings is 2. The van der Waals surface area contributed by atoms with Gasteiger partial charge in [0, 0.05) is 54.6 Å². The topological polar surface area (TPSA) is 91.6 Å². The van der Waals surface area contributed by atoms with Crippen molar-refractivity contribution in [3.63, 3.8) is 0 Å². The fourth-order valence-electron chi connectivity index (χ4n) is 5.40. The van der Waals surface area contributed by atoms with Crippen LogP contribution in [0.5, 0.6) is 0 Å². The molecule has 2 amide bonds. The first kappa shape index (κ1) is 26.4. The van der Waals surface area contributed by atoms with E-state index in [4.69, 9.17) is 18.0 Å². The van der Waals surface area contributed by atoms with Crippen molar-refractivity contribution in [2.75, 3.05) is 31.1 Å². The number of fused-ring (bicyclic) bond motifs is 2. The van der Waals surface area contributed by atoms with Crippen LogP contribution in [-0.4, -0.2) is 47.0 Å². The van der Waals surface area contributed by atoms with Gasteiger partial charge in [-0.15, -0.1) is 6.42 Å². The van der Waals surface area contributed by atoms with Crippen molar-refractivity contribution in [3.05, 3.63) is 104 Å². The number of likely N-dealkylation sites (tertiary alicyclic amines) is 1. The number of hydrogen-bond acceptors (Lipinski definition) is 5. The third-order valence-corrected chi connectivity index (χ3v) is 7.76. The zero-order valence-corrected chi connectivity index (χ0v) is 22.1. The third-order valence-electron chi connectivity index (χ3n) is 7.56. The monoisotopic (exact) mass is 541 g/mol. The molecule has 3 aromatic rings. The van der Waals surface area contributed by atoms with E-state index in [1.807, 2.05) is 24.3 Å². The number of nitro benzene ring substituents is 1. The normalized spacial score (nSPS) is 16.3. The number of piperidine rings is 1. The van der Waals surface area contributed by atoms with Crippen molar-refractivity contribution in [1.29, 1.82) is 0 Å². The number of anilines is 1. The number of nitro groups is 1. The zero-order valence-electron chi connectivity index (χ0n) is 21.3. The van der Waals surface area contributed by atoms with Crippen LogP contribution in [0.4, 0.5) is 16.2 Å². The van der Waals surface area contributed by atoms with Crippen LogP contribution in [0.1, 0.15) is 35.1 Å². The molecular weight excluding hydrogens is 514 g/mol. The van der Waals surface area contributed by atoms with Crippen LogP contribution >= 0.6 is 11.6 Å². The number of carbonyl (C=O) groups excluding carboxylic acids is 1. The van der Waals surface area contributed by atoms with Crippen molar-refractivity contribution >= 4 is 35.1 Å². The average Bonchev–Trinajstić information content (AvgIpc) is 3.26. The number of non-ortho nitro benzene ring substituents is 1. The van der Waals surface area contributed by atoms with E-state index in [1.165, 1.54) is 6.07 Å². The van der Waals surface area contributed by atoms with Gasteiger partial charge in [0.25, 0.3) is 5.69 Å². The molecule has 1 saturated heterocycles. The van der Waals surface area contributed by atoms with Crippen LogP contribution in [0, 0.1) is 22.5 Å². The molecule has 3 heterocycles. The highest BCUT2D eigenvalue weighted by Gasteiger charge is 2.47. The Morgan fingerprint density at radius 2 is 1.95 bits per heavy atom. The lowest BCUT2D eigenvalue weighted by molar-refractivity contribution is -0.384. The molecule has 2 aliphatic rings. The summed E-state index contributed by atoms with van der Waals surface area (Å²) in [4.78, 5) is 32.5. The Balaban J connectivity index is 1.28. The number of rotatable bonds is 6. The van der Waals surface area contributed by atoms with Crippen molar-refractivity contribution in [1.82, 2.24) is 15.2 Å². The van der Waals surface area contributed by atoms with Gasteiger partial charge in [-0.05, 0) is 73.0 Å². The summed E-state index contributed by atoms with van der Waals surface area (Å²) in [6, 6.07) is 15.9. The maximum atomic E-state index is 13.3. The fourth-order valence-corrected chi connectivity index (χ4v) is 5.59. The zero-order chi connectivity index (χ0) is 27.4. The van der Waals surface area contributed by atoms with Gasteiger partial charge in [0.15, 0.2) is 0 Å². The summed E-state index contributed by atoms with van der Waals surface area (Å²) in [6.07, 6.45) is 12.9. The highest BCUT2D eigenvalue weighted by molar-refractivity contribution is 6.29. The number of halogens is 1. The van der Waals surface area contributed by atoms with Gasteiger partial charge in [0.05, 0.1) is 4.92 Å². The molecule has 0 unspecified atom stereocenters. The molecule has 9 heteroatoms. The second kappa shape index (κ2) is 11.3. The van der Waals surface area contributed by atoms with Crippen molar-refractivity contribution in [3.8, 4) is 12.3 Å². The van der Waals surface area contributed by atoms with E-state index < -0.39 is 0 Å². The Morgan fingerprint density at radius 1 is 1.18 bits per heavy atom. The van der Waals surface area contributed by atoms with E-state index in [-0.39, 0.29) is 22.1 Å². The lowest BCUT2D eigenvalue weighted by Crippen LogP contribution is -2.47. The standard InChI is InChI=1S/C30H28ClN5O3/c1-2-22-5-7-23(8-6-22)4-3-15-34-16-12-30(13-17-34)21-35(27-10-9-25(36(38)39)19-26(27)30)29(37)33-20-24-11-14-32-28(31)18-24/h1,3-11,14,18-19H,12-13,15-17,20-21H2,(H,33,37). The molecule has 1 spiro atoms. The largest absolute Gasteiger partial charge is 0.334 e. The molecule has 1 aromatic heterocycles. The number of terminal acetylenes is 1. The maximum absolute atomic E-state index is 13.3. The van der Waals surface area contributed by atoms with Gasteiger partial charge in [0.2, 0.25) is 0 Å². The Morgan fingerprint density at radius 3 is 2.64 bits per heavy atom. The van der Waals surface area contributed by atoms with Gasteiger partial charge in [-0.3, -0.25) is 19.9 Å². The third kappa shape index (κ3) is 5.80. The smallest absolute Gasteiger partial charge is 0.322 e. The minimum absolute atomic E-state index is 0.0445. The molecule has 0 bridgehead atoms. The summed E-state index contributed by atoms with van der Waals surface area (Å²) in [6.45, 7) is 3.24. The maximum Gasteiger partial charge on any atom is 0.322 e. The predicted octanol–water partition coefficient (Wildman–Crippen LogP) is 5.40. The highest BCUT2D eigenvalue weighted by Crippen LogP contribution is 2.48. The van der Waals surface area contributed by atoms with E-state index in [0.29, 0.717) is 18.2 Å². The summed E-state index contributed by atoms with van der Waals surface area (Å²) in [5.74, 6) is 2.62. The molecule has 5 rings (SSSR count). The Hall–Kier alpha value is -4.19. The van der Waals surface area contributed by atoms with Crippen molar-refractivity contribution in [2.24, 2.45) is 0 Å². The fraction of sp³-hybridized carbons (Fsp3) is 0.267. The molecule has 8 nitrogen and oxygen atoms in total. The number of pyridine rings is 1. The minimum Gasteiger partial charge on any atom is -0.334 e. The molecule has 0 saturated carbocycles. The molecule has 0 aliphatic carbocycles. The van der Waals surface area contributed by atoms with Crippen LogP contribution < -0.4 is 10.2 Å². The lowest BCUT2D eigenvalue weighted by Gasteiger charge is -2.39. The Kier molecular flexibility index (Phi) is 7.64. The number of carbonyl (C=O) groups is 1. The van der Waals surface area contributed by atoms with Crippen LogP contribution in [0.2, 0.25) is 5.15 Å². The van der Waals surface area contributed by atoms with Gasteiger partial charge in [0.1, 0.15) is 5.15 Å². The minimum atomic E-state index is -0.375. The number of hydrogen-bond donors (Lipinski definition) is 1. The summed E-state index contributed by atoms with van der Waals surface area (Å²) >= 11 is 5.97. The molecule has 0 radical (unpaired) electrons. The molecule has 1 N–H and O–H groups in total. The summed E-state index contributed by atoms with van der Waals surface area (Å²) in [5.41, 5.74) is 4.12. The number of nitrogens with one attached hydrogen (secondary N) is 1. The van der Waals surface area contributed by atoms with E-state index >= 15 is 0 Å². The van der Waals surface area contributed by atoms with Gasteiger partial charge in [-0.25, -0.2) is 9.78 Å². The second-order valence-electron chi connectivity index (χ2n) is 9.94. The molecule has 1 fully saturated rings. The first-order valence-electron chi connectivity index (χ1n) is 12.8. The lowest BCUT2D eigenvalue weighted by atomic mass is 9.74. The van der Waals surface area contributed by atoms with Crippen molar-refractivity contribution in [2.45, 2.75) is 24.8 Å². The average molecular weight is 542 g/mol. The summed E-state index contributed by atoms with van der Waals surface area (Å²) in [7, 11) is 0. The first-order chi connectivity index (χ1) is 18.9. The first-order valence-corrected chi connectivity index (χ1v) is 13.1. The van der Waals surface area contributed by atoms with Crippen LogP contribution in [0.25, 0.3) is 6.08 Å². The molecule has 2 aliphatic heterocycles. The van der Waals surface area contributed by atoms with Crippen LogP contribution in [0.3, 0.4) is 0 Å². The molecule has 39 heavy (non-hydrogen) atoms. The van der Waals surface area contributed by atoms with Gasteiger partial charge in [-0.2, -0.15) is 0 Å². The molecule has 198 valence electrons. The highest BCUT2D eigenvalue weighted by atomic mass is 35.5. The number of amides is 2. The Labute approximate surface area is 232 Å². The Bertz CT molecular complexity index is 1460. The van der Waals surface area contributed by atoms with E-state index in [2.05, 4.69) is 33.3 Å². The van der Waals surface area contributed by atoms with Crippen molar-refractivity contribution < 1.29 is 9.72 Å². The van der Waals surface area contributed by atoms with Gasteiger partial charge < -0.3 is 5.32 Å². The molecule has 2 aromatic carbocycles. The quantitative estimate of drug-likeness (QED) is 0.195. The van der Waals surface area contributed by atoms with Crippen LogP contribution in [-0.2, 0) is 12.0 Å². The number of aromatic nitrogens is 1. The van der Waals surface area contributed by atoms with Crippen LogP contribution in [0.15, 0.2) is 66.9 Å². The number of urea groups is 1. The van der Waals surface area contributed by atoms with E-state index in [9.17, 15) is 14.9 Å². The molecular formula is C30H28ClN5O3. The number of nitrogens with zero attached hydrogens (tertiary/aromatic N) is 4. The van der Waals surface area contributed by atoms with Gasteiger partial charge in [-0.1, -0.05) is 41.8 Å². The van der Waals surface area contributed by atoms with E-state index in [0.717, 1.165) is 60.4 Å². The van der Waals surface area contributed by atoms with E-state index in [1.54, 1.807) is 35.4 Å². The predicted molar refractivity (Wildman–Crippen MR) is 153 cm³/mol. The summed E-state index contributed by atoms with van der Waals surface area (Å²) < 4.78 is 0. The second-order valence-corrected chi connectivity index (χ2v) is 10.3. The van der Waals surface area contributed by atoms with Gasteiger partial charge >= 0.3 is 6.03 Å². The summed E-state index contributed by atoms with van der Waals surface area (Å²) in [5, 5.41) is 14.9. The SMILES string of the molecule is C#Cc1ccc(C=CCN2CCC3(CC2)CN(C(=O)NCc2ccnc(Cl)c2)c2ccc([N+](=O)[O-])cc23)cc1.